The van der Waals surface area contributed by atoms with Gasteiger partial charge in [0.15, 0.2) is 0 Å². The van der Waals surface area contributed by atoms with E-state index in [2.05, 4.69) is 18.1 Å². The fourth-order valence-corrected chi connectivity index (χ4v) is 2.53. The van der Waals surface area contributed by atoms with Crippen molar-refractivity contribution in [3.8, 4) is 0 Å². The van der Waals surface area contributed by atoms with E-state index < -0.39 is 0 Å². The molecule has 0 atom stereocenters. The maximum absolute atomic E-state index is 5.80. The fraction of sp³-hybridized carbons (Fsp3) is 0.300. The van der Waals surface area contributed by atoms with Gasteiger partial charge < -0.3 is 5.73 Å². The predicted octanol–water partition coefficient (Wildman–Crippen LogP) is 2.41. The highest BCUT2D eigenvalue weighted by Crippen LogP contribution is 2.22. The van der Waals surface area contributed by atoms with E-state index in [-0.39, 0.29) is 0 Å². The Kier molecular flexibility index (Phi) is 3.09. The van der Waals surface area contributed by atoms with Crippen LogP contribution in [0.2, 0.25) is 5.02 Å². The molecule has 2 rings (SSSR count). The Hall–Kier alpha value is -0.840. The van der Waals surface area contributed by atoms with Gasteiger partial charge >= 0.3 is 0 Å². The summed E-state index contributed by atoms with van der Waals surface area (Å²) < 4.78 is 1.83. The molecule has 0 radical (unpaired) electrons. The minimum Gasteiger partial charge on any atom is -0.326 e. The first-order valence-electron chi connectivity index (χ1n) is 4.65. The van der Waals surface area contributed by atoms with Crippen molar-refractivity contribution in [2.24, 2.45) is 5.73 Å². The molecular formula is C10H12ClN3S. The van der Waals surface area contributed by atoms with Crippen LogP contribution < -0.4 is 5.73 Å². The molecule has 2 N–H and O–H groups in total. The summed E-state index contributed by atoms with van der Waals surface area (Å²) in [4.78, 5) is 2.50. The van der Waals surface area contributed by atoms with Gasteiger partial charge in [-0.25, -0.2) is 0 Å². The maximum Gasteiger partial charge on any atom is 0.0785 e. The molecular weight excluding hydrogens is 230 g/mol. The van der Waals surface area contributed by atoms with Crippen molar-refractivity contribution in [3.63, 3.8) is 0 Å². The van der Waals surface area contributed by atoms with Gasteiger partial charge in [0.05, 0.1) is 17.8 Å². The van der Waals surface area contributed by atoms with E-state index in [0.29, 0.717) is 11.6 Å². The Morgan fingerprint density at radius 1 is 1.60 bits per heavy atom. The molecule has 80 valence electrons. The van der Waals surface area contributed by atoms with Crippen LogP contribution in [0.4, 0.5) is 0 Å². The average molecular weight is 242 g/mol. The van der Waals surface area contributed by atoms with E-state index in [0.717, 1.165) is 6.54 Å². The van der Waals surface area contributed by atoms with Gasteiger partial charge in [0.1, 0.15) is 0 Å². The molecule has 0 amide bonds. The minimum absolute atomic E-state index is 0.603. The van der Waals surface area contributed by atoms with Gasteiger partial charge in [-0.3, -0.25) is 4.68 Å². The summed E-state index contributed by atoms with van der Waals surface area (Å²) >= 11 is 7.54. The zero-order chi connectivity index (χ0) is 10.8. The second-order valence-corrected chi connectivity index (χ2v) is 5.13. The molecule has 3 nitrogen and oxygen atoms in total. The van der Waals surface area contributed by atoms with Crippen molar-refractivity contribution >= 4 is 22.9 Å². The zero-order valence-corrected chi connectivity index (χ0v) is 9.98. The van der Waals surface area contributed by atoms with Gasteiger partial charge in [0, 0.05) is 22.5 Å². The van der Waals surface area contributed by atoms with E-state index >= 15 is 0 Å². The van der Waals surface area contributed by atoms with Gasteiger partial charge in [-0.15, -0.1) is 11.3 Å². The molecule has 0 bridgehead atoms. The van der Waals surface area contributed by atoms with E-state index in [1.165, 1.54) is 15.3 Å². The summed E-state index contributed by atoms with van der Waals surface area (Å²) in [5, 5.41) is 4.81. The molecule has 0 saturated heterocycles. The predicted molar refractivity (Wildman–Crippen MR) is 63.3 cm³/mol. The number of aromatic nitrogens is 2. The number of aryl methyl sites for hydroxylation is 1. The Morgan fingerprint density at radius 2 is 2.40 bits per heavy atom. The van der Waals surface area contributed by atoms with Gasteiger partial charge in [0.25, 0.3) is 0 Å². The van der Waals surface area contributed by atoms with Crippen LogP contribution in [0.25, 0.3) is 0 Å². The average Bonchev–Trinajstić information content (AvgIpc) is 2.75. The molecule has 15 heavy (non-hydrogen) atoms. The summed E-state index contributed by atoms with van der Waals surface area (Å²) in [7, 11) is 0. The highest BCUT2D eigenvalue weighted by Gasteiger charge is 2.05. The van der Waals surface area contributed by atoms with Crippen molar-refractivity contribution in [1.82, 2.24) is 9.78 Å². The van der Waals surface area contributed by atoms with Gasteiger partial charge in [0.2, 0.25) is 0 Å². The number of rotatable bonds is 3. The Balaban J connectivity index is 2.20. The summed E-state index contributed by atoms with van der Waals surface area (Å²) in [5.74, 6) is 0. The molecule has 0 aromatic carbocycles. The molecule has 2 heterocycles. The number of halogens is 1. The lowest BCUT2D eigenvalue weighted by atomic mass is 10.2. The van der Waals surface area contributed by atoms with E-state index in [1.807, 2.05) is 10.9 Å². The lowest BCUT2D eigenvalue weighted by Crippen LogP contribution is -1.99. The number of nitrogens with zero attached hydrogens (tertiary/aromatic N) is 2. The van der Waals surface area contributed by atoms with Crippen LogP contribution in [0.15, 0.2) is 18.5 Å². The SMILES string of the molecule is Cc1sc(CN)cc1Cn1cc(Cl)cn1. The number of hydrogen-bond donors (Lipinski definition) is 1. The van der Waals surface area contributed by atoms with Crippen molar-refractivity contribution in [2.45, 2.75) is 20.0 Å². The first-order valence-corrected chi connectivity index (χ1v) is 5.84. The van der Waals surface area contributed by atoms with Gasteiger partial charge in [-0.1, -0.05) is 11.6 Å². The van der Waals surface area contributed by atoms with E-state index in [1.54, 1.807) is 17.5 Å². The van der Waals surface area contributed by atoms with Crippen molar-refractivity contribution in [1.29, 1.82) is 0 Å². The monoisotopic (exact) mass is 241 g/mol. The lowest BCUT2D eigenvalue weighted by molar-refractivity contribution is 0.686. The topological polar surface area (TPSA) is 43.8 Å². The molecule has 2 aromatic heterocycles. The molecule has 0 aliphatic carbocycles. The van der Waals surface area contributed by atoms with Crippen LogP contribution in [0.5, 0.6) is 0 Å². The largest absolute Gasteiger partial charge is 0.326 e. The zero-order valence-electron chi connectivity index (χ0n) is 8.40. The molecule has 0 fully saturated rings. The van der Waals surface area contributed by atoms with E-state index in [4.69, 9.17) is 17.3 Å². The highest BCUT2D eigenvalue weighted by molar-refractivity contribution is 7.12. The lowest BCUT2D eigenvalue weighted by Gasteiger charge is -1.99. The van der Waals surface area contributed by atoms with Crippen molar-refractivity contribution < 1.29 is 0 Å². The Labute approximate surface area is 97.5 Å². The molecule has 0 aliphatic rings. The van der Waals surface area contributed by atoms with Crippen molar-refractivity contribution in [3.05, 3.63) is 38.8 Å². The summed E-state index contributed by atoms with van der Waals surface area (Å²) in [5.41, 5.74) is 6.86. The van der Waals surface area contributed by atoms with Crippen LogP contribution in [0, 0.1) is 6.92 Å². The second kappa shape index (κ2) is 4.35. The normalized spacial score (nSPS) is 10.9. The third-order valence-corrected chi connectivity index (χ3v) is 3.52. The molecule has 0 spiro atoms. The van der Waals surface area contributed by atoms with Crippen LogP contribution in [-0.2, 0) is 13.1 Å². The van der Waals surface area contributed by atoms with Crippen LogP contribution >= 0.6 is 22.9 Å². The van der Waals surface area contributed by atoms with Gasteiger partial charge in [-0.05, 0) is 18.6 Å². The van der Waals surface area contributed by atoms with Gasteiger partial charge in [-0.2, -0.15) is 5.10 Å². The molecule has 2 aromatic rings. The third-order valence-electron chi connectivity index (χ3n) is 2.21. The quantitative estimate of drug-likeness (QED) is 0.897. The Morgan fingerprint density at radius 3 is 2.93 bits per heavy atom. The smallest absolute Gasteiger partial charge is 0.0785 e. The Bertz CT molecular complexity index is 461. The first kappa shape index (κ1) is 10.7. The number of nitrogens with two attached hydrogens (primary N) is 1. The summed E-state index contributed by atoms with van der Waals surface area (Å²) in [6, 6.07) is 2.13. The standard InChI is InChI=1S/C10H12ClN3S/c1-7-8(2-10(3-12)15-7)5-14-6-9(11)4-13-14/h2,4,6H,3,5,12H2,1H3. The number of hydrogen-bond acceptors (Lipinski definition) is 3. The summed E-state index contributed by atoms with van der Waals surface area (Å²) in [6.07, 6.45) is 3.47. The maximum atomic E-state index is 5.80. The molecule has 0 unspecified atom stereocenters. The molecule has 0 saturated carbocycles. The molecule has 0 aliphatic heterocycles. The van der Waals surface area contributed by atoms with Crippen LogP contribution in [0.3, 0.4) is 0 Å². The first-order chi connectivity index (χ1) is 7.19. The highest BCUT2D eigenvalue weighted by atomic mass is 35.5. The van der Waals surface area contributed by atoms with Crippen LogP contribution in [0.1, 0.15) is 15.3 Å². The van der Waals surface area contributed by atoms with Crippen molar-refractivity contribution in [2.75, 3.05) is 0 Å². The summed E-state index contributed by atoms with van der Waals surface area (Å²) in [6.45, 7) is 3.46. The van der Waals surface area contributed by atoms with E-state index in [9.17, 15) is 0 Å². The number of thiophene rings is 1. The van der Waals surface area contributed by atoms with Crippen LogP contribution in [-0.4, -0.2) is 9.78 Å². The fourth-order valence-electron chi connectivity index (χ4n) is 1.44. The minimum atomic E-state index is 0.603. The molecule has 5 heteroatoms. The second-order valence-electron chi connectivity index (χ2n) is 3.35. The third kappa shape index (κ3) is 2.40.